The van der Waals surface area contributed by atoms with Gasteiger partial charge in [0, 0.05) is 19.6 Å². The van der Waals surface area contributed by atoms with Gasteiger partial charge in [0.2, 0.25) is 10.0 Å². The zero-order valence-corrected chi connectivity index (χ0v) is 12.4. The maximum absolute atomic E-state index is 12.2. The Labute approximate surface area is 115 Å². The first kappa shape index (κ1) is 14.5. The molecule has 0 heterocycles. The molecule has 5 heteroatoms. The first-order chi connectivity index (χ1) is 9.03. The van der Waals surface area contributed by atoms with Gasteiger partial charge in [0.1, 0.15) is 0 Å². The van der Waals surface area contributed by atoms with Crippen LogP contribution in [0.25, 0.3) is 0 Å². The highest BCUT2D eigenvalue weighted by Gasteiger charge is 2.33. The second kappa shape index (κ2) is 6.03. The van der Waals surface area contributed by atoms with Gasteiger partial charge in [0.05, 0.1) is 5.75 Å². The standard InChI is InChI=1S/C14H22N2O2S/c1-3-15-10-12-5-4-6-13(9-12)11-19(17,18)16(2)14-7-8-14/h4-6,9,14-15H,3,7-8,10-11H2,1-2H3. The summed E-state index contributed by atoms with van der Waals surface area (Å²) in [6, 6.07) is 8.03. The molecule has 0 radical (unpaired) electrons. The highest BCUT2D eigenvalue weighted by Crippen LogP contribution is 2.28. The molecule has 0 spiro atoms. The predicted molar refractivity (Wildman–Crippen MR) is 77.2 cm³/mol. The number of hydrogen-bond donors (Lipinski definition) is 1. The minimum absolute atomic E-state index is 0.0972. The topological polar surface area (TPSA) is 49.4 Å². The molecule has 0 bridgehead atoms. The van der Waals surface area contributed by atoms with Crippen molar-refractivity contribution in [3.8, 4) is 0 Å². The molecule has 4 nitrogen and oxygen atoms in total. The molecule has 1 aromatic rings. The van der Waals surface area contributed by atoms with E-state index in [9.17, 15) is 8.42 Å². The van der Waals surface area contributed by atoms with Gasteiger partial charge in [-0.3, -0.25) is 0 Å². The van der Waals surface area contributed by atoms with E-state index in [2.05, 4.69) is 12.2 Å². The number of sulfonamides is 1. The lowest BCUT2D eigenvalue weighted by Crippen LogP contribution is -2.30. The van der Waals surface area contributed by atoms with Crippen LogP contribution in [-0.4, -0.2) is 32.4 Å². The molecule has 0 unspecified atom stereocenters. The molecule has 0 aliphatic heterocycles. The summed E-state index contributed by atoms with van der Waals surface area (Å²) >= 11 is 0. The molecular weight excluding hydrogens is 260 g/mol. The normalized spacial score (nSPS) is 15.9. The Morgan fingerprint density at radius 3 is 2.63 bits per heavy atom. The predicted octanol–water partition coefficient (Wildman–Crippen LogP) is 1.72. The van der Waals surface area contributed by atoms with Crippen LogP contribution in [-0.2, 0) is 22.3 Å². The van der Waals surface area contributed by atoms with E-state index in [0.717, 1.165) is 37.1 Å². The SMILES string of the molecule is CCNCc1cccc(CS(=O)(=O)N(C)C2CC2)c1. The molecule has 19 heavy (non-hydrogen) atoms. The lowest BCUT2D eigenvalue weighted by Gasteiger charge is -2.16. The summed E-state index contributed by atoms with van der Waals surface area (Å²) in [7, 11) is -1.48. The molecule has 0 saturated heterocycles. The Hall–Kier alpha value is -0.910. The fourth-order valence-electron chi connectivity index (χ4n) is 2.08. The highest BCUT2D eigenvalue weighted by molar-refractivity contribution is 7.88. The summed E-state index contributed by atoms with van der Waals surface area (Å²) in [6.45, 7) is 3.74. The average molecular weight is 282 g/mol. The van der Waals surface area contributed by atoms with Crippen molar-refractivity contribution in [3.05, 3.63) is 35.4 Å². The van der Waals surface area contributed by atoms with E-state index >= 15 is 0 Å². The quantitative estimate of drug-likeness (QED) is 0.828. The molecule has 0 atom stereocenters. The van der Waals surface area contributed by atoms with Gasteiger partial charge in [-0.25, -0.2) is 12.7 Å². The summed E-state index contributed by atoms with van der Waals surface area (Å²) in [5, 5.41) is 3.25. The minimum Gasteiger partial charge on any atom is -0.313 e. The van der Waals surface area contributed by atoms with Crippen molar-refractivity contribution >= 4 is 10.0 Å². The van der Waals surface area contributed by atoms with E-state index < -0.39 is 10.0 Å². The van der Waals surface area contributed by atoms with E-state index in [-0.39, 0.29) is 11.8 Å². The number of nitrogens with zero attached hydrogens (tertiary/aromatic N) is 1. The second-order valence-corrected chi connectivity index (χ2v) is 7.13. The molecule has 2 rings (SSSR count). The molecule has 1 aliphatic carbocycles. The summed E-state index contributed by atoms with van der Waals surface area (Å²) in [5.74, 6) is 0.0972. The highest BCUT2D eigenvalue weighted by atomic mass is 32.2. The van der Waals surface area contributed by atoms with Crippen LogP contribution < -0.4 is 5.32 Å². The molecule has 1 aliphatic rings. The monoisotopic (exact) mass is 282 g/mol. The van der Waals surface area contributed by atoms with Crippen molar-refractivity contribution in [2.75, 3.05) is 13.6 Å². The van der Waals surface area contributed by atoms with E-state index in [1.807, 2.05) is 24.3 Å². The Bertz CT molecular complexity index is 524. The van der Waals surface area contributed by atoms with Crippen LogP contribution >= 0.6 is 0 Å². The fraction of sp³-hybridized carbons (Fsp3) is 0.571. The molecule has 1 saturated carbocycles. The van der Waals surface area contributed by atoms with Gasteiger partial charge in [-0.1, -0.05) is 31.2 Å². The third-order valence-corrected chi connectivity index (χ3v) is 5.29. The zero-order valence-electron chi connectivity index (χ0n) is 11.6. The number of benzene rings is 1. The molecule has 1 N–H and O–H groups in total. The largest absolute Gasteiger partial charge is 0.313 e. The van der Waals surface area contributed by atoms with Crippen LogP contribution in [0.3, 0.4) is 0 Å². The number of hydrogen-bond acceptors (Lipinski definition) is 3. The van der Waals surface area contributed by atoms with Gasteiger partial charge in [-0.2, -0.15) is 0 Å². The Balaban J connectivity index is 2.05. The van der Waals surface area contributed by atoms with Crippen molar-refractivity contribution < 1.29 is 8.42 Å². The van der Waals surface area contributed by atoms with Crippen molar-refractivity contribution in [3.63, 3.8) is 0 Å². The van der Waals surface area contributed by atoms with Gasteiger partial charge in [0.15, 0.2) is 0 Å². The minimum atomic E-state index is -3.17. The van der Waals surface area contributed by atoms with E-state index in [1.54, 1.807) is 7.05 Å². The van der Waals surface area contributed by atoms with Gasteiger partial charge in [0.25, 0.3) is 0 Å². The van der Waals surface area contributed by atoms with E-state index in [0.29, 0.717) is 0 Å². The third-order valence-electron chi connectivity index (χ3n) is 3.42. The van der Waals surface area contributed by atoms with Gasteiger partial charge in [-0.05, 0) is 30.5 Å². The summed E-state index contributed by atoms with van der Waals surface area (Å²) in [5.41, 5.74) is 1.99. The van der Waals surface area contributed by atoms with Crippen LogP contribution in [0.4, 0.5) is 0 Å². The van der Waals surface area contributed by atoms with Gasteiger partial charge < -0.3 is 5.32 Å². The van der Waals surface area contributed by atoms with Gasteiger partial charge in [-0.15, -0.1) is 0 Å². The van der Waals surface area contributed by atoms with E-state index in [4.69, 9.17) is 0 Å². The molecule has 0 amide bonds. The first-order valence-electron chi connectivity index (χ1n) is 6.77. The molecule has 0 aromatic heterocycles. The van der Waals surface area contributed by atoms with Crippen LogP contribution in [0.15, 0.2) is 24.3 Å². The summed E-state index contributed by atoms with van der Waals surface area (Å²) in [4.78, 5) is 0. The fourth-order valence-corrected chi connectivity index (χ4v) is 3.55. The van der Waals surface area contributed by atoms with Gasteiger partial charge >= 0.3 is 0 Å². The Morgan fingerprint density at radius 1 is 1.32 bits per heavy atom. The lowest BCUT2D eigenvalue weighted by atomic mass is 10.1. The summed E-state index contributed by atoms with van der Waals surface area (Å²) in [6.07, 6.45) is 1.99. The number of nitrogens with one attached hydrogen (secondary N) is 1. The average Bonchev–Trinajstić information content (AvgIpc) is 3.19. The van der Waals surface area contributed by atoms with Crippen LogP contribution in [0.1, 0.15) is 30.9 Å². The van der Waals surface area contributed by atoms with Crippen molar-refractivity contribution in [2.45, 2.75) is 38.1 Å². The number of rotatable bonds is 7. The van der Waals surface area contributed by atoms with Crippen molar-refractivity contribution in [1.82, 2.24) is 9.62 Å². The summed E-state index contributed by atoms with van der Waals surface area (Å²) < 4.78 is 26.0. The maximum atomic E-state index is 12.2. The maximum Gasteiger partial charge on any atom is 0.218 e. The van der Waals surface area contributed by atoms with Crippen LogP contribution in [0.5, 0.6) is 0 Å². The van der Waals surface area contributed by atoms with Crippen LogP contribution in [0.2, 0.25) is 0 Å². The van der Waals surface area contributed by atoms with Crippen molar-refractivity contribution in [2.24, 2.45) is 0 Å². The smallest absolute Gasteiger partial charge is 0.218 e. The molecular formula is C14H22N2O2S. The van der Waals surface area contributed by atoms with Crippen LogP contribution in [0, 0.1) is 0 Å². The third kappa shape index (κ3) is 4.03. The lowest BCUT2D eigenvalue weighted by molar-refractivity contribution is 0.463. The molecule has 1 fully saturated rings. The molecule has 1 aromatic carbocycles. The Kier molecular flexibility index (Phi) is 4.60. The van der Waals surface area contributed by atoms with E-state index in [1.165, 1.54) is 4.31 Å². The molecule has 106 valence electrons. The zero-order chi connectivity index (χ0) is 13.9. The van der Waals surface area contributed by atoms with Crippen molar-refractivity contribution in [1.29, 1.82) is 0 Å². The second-order valence-electron chi connectivity index (χ2n) is 5.10. The Morgan fingerprint density at radius 2 is 2.00 bits per heavy atom. The first-order valence-corrected chi connectivity index (χ1v) is 8.38.